The molecule has 2 aliphatic heterocycles. The minimum atomic E-state index is -0.818. The van der Waals surface area contributed by atoms with E-state index in [2.05, 4.69) is 19.7 Å². The molecule has 2 atom stereocenters. The van der Waals surface area contributed by atoms with Gasteiger partial charge in [-0.2, -0.15) is 4.37 Å². The second kappa shape index (κ2) is 11.6. The van der Waals surface area contributed by atoms with Gasteiger partial charge in [0.1, 0.15) is 11.6 Å². The number of methoxy groups -OCH3 is 1. The Balaban J connectivity index is 1.35. The number of anilines is 2. The Hall–Kier alpha value is -2.96. The number of hydrogen-bond donors (Lipinski definition) is 2. The van der Waals surface area contributed by atoms with Gasteiger partial charge in [-0.1, -0.05) is 6.92 Å². The molecule has 10 nitrogen and oxygen atoms in total. The summed E-state index contributed by atoms with van der Waals surface area (Å²) < 4.78 is 16.1. The van der Waals surface area contributed by atoms with Crippen molar-refractivity contribution in [2.24, 2.45) is 0 Å². The number of nitrogens with zero attached hydrogens (tertiary/aromatic N) is 5. The van der Waals surface area contributed by atoms with E-state index in [1.165, 1.54) is 11.5 Å². The molecule has 3 aromatic heterocycles. The molecule has 0 radical (unpaired) electrons. The summed E-state index contributed by atoms with van der Waals surface area (Å²) in [5.74, 6) is 3.54. The smallest absolute Gasteiger partial charge is 0.407 e. The first-order valence-corrected chi connectivity index (χ1v) is 14.2. The number of carbonyl (C=O) groups is 1. The summed E-state index contributed by atoms with van der Waals surface area (Å²) >= 11 is 2.92. The van der Waals surface area contributed by atoms with Crippen molar-refractivity contribution in [2.75, 3.05) is 24.8 Å². The molecule has 2 aliphatic rings. The zero-order valence-corrected chi connectivity index (χ0v) is 22.4. The van der Waals surface area contributed by atoms with Gasteiger partial charge >= 0.3 is 6.09 Å². The molecule has 0 aromatic carbocycles. The van der Waals surface area contributed by atoms with E-state index in [1.807, 2.05) is 25.1 Å². The fraction of sp³-hybridized carbons (Fsp3) is 0.480. The molecule has 5 heterocycles. The topological polar surface area (TPSA) is 123 Å². The zero-order chi connectivity index (χ0) is 25.8. The minimum absolute atomic E-state index is 0.0539. The average molecular weight is 543 g/mol. The summed E-state index contributed by atoms with van der Waals surface area (Å²) in [6.45, 7) is 2.68. The summed E-state index contributed by atoms with van der Waals surface area (Å²) in [5, 5.41) is 13.5. The average Bonchev–Trinajstić information content (AvgIpc) is 3.48. The lowest BCUT2D eigenvalue weighted by Gasteiger charge is -2.36. The van der Waals surface area contributed by atoms with Crippen molar-refractivity contribution < 1.29 is 19.4 Å². The fourth-order valence-corrected chi connectivity index (χ4v) is 6.52. The molecule has 5 rings (SSSR count). The number of fused-ring (bicyclic) bond motifs is 2. The van der Waals surface area contributed by atoms with Gasteiger partial charge in [-0.3, -0.25) is 4.98 Å². The first-order valence-electron chi connectivity index (χ1n) is 12.4. The van der Waals surface area contributed by atoms with Crippen molar-refractivity contribution in [3.8, 4) is 11.5 Å². The highest BCUT2D eigenvalue weighted by Crippen LogP contribution is 2.43. The van der Waals surface area contributed by atoms with Crippen LogP contribution >= 0.6 is 23.3 Å². The van der Waals surface area contributed by atoms with Crippen molar-refractivity contribution >= 4 is 40.3 Å². The number of aromatic nitrogens is 4. The van der Waals surface area contributed by atoms with Crippen LogP contribution in [0.25, 0.3) is 0 Å². The van der Waals surface area contributed by atoms with Crippen molar-refractivity contribution in [1.82, 2.24) is 24.2 Å². The quantitative estimate of drug-likeness (QED) is 0.249. The van der Waals surface area contributed by atoms with Gasteiger partial charge in [0, 0.05) is 59.7 Å². The van der Waals surface area contributed by atoms with Gasteiger partial charge in [-0.05, 0) is 50.3 Å². The molecule has 0 aliphatic carbocycles. The van der Waals surface area contributed by atoms with E-state index >= 15 is 0 Å². The first kappa shape index (κ1) is 25.7. The number of hydrogen-bond acceptors (Lipinski definition) is 10. The number of aryl methyl sites for hydroxylation is 1. The normalized spacial score (nSPS) is 20.7. The second-order valence-electron chi connectivity index (χ2n) is 9.09. The Morgan fingerprint density at radius 1 is 1.27 bits per heavy atom. The van der Waals surface area contributed by atoms with Crippen LogP contribution in [-0.4, -0.2) is 67.0 Å². The maximum absolute atomic E-state index is 11.6. The van der Waals surface area contributed by atoms with E-state index in [1.54, 1.807) is 36.2 Å². The van der Waals surface area contributed by atoms with Crippen LogP contribution < -0.4 is 10.1 Å². The summed E-state index contributed by atoms with van der Waals surface area (Å²) in [5.41, 5.74) is 0.867. The van der Waals surface area contributed by atoms with E-state index in [4.69, 9.17) is 14.5 Å². The molecule has 2 N–H and O–H groups in total. The summed E-state index contributed by atoms with van der Waals surface area (Å²) in [6, 6.07) is 5.83. The highest BCUT2D eigenvalue weighted by molar-refractivity contribution is 7.99. The number of amides is 1. The Morgan fingerprint density at radius 3 is 2.81 bits per heavy atom. The molecule has 12 heteroatoms. The Kier molecular flexibility index (Phi) is 8.06. The van der Waals surface area contributed by atoms with Gasteiger partial charge in [0.2, 0.25) is 5.13 Å². The highest BCUT2D eigenvalue weighted by Gasteiger charge is 2.44. The number of rotatable bonds is 10. The van der Waals surface area contributed by atoms with Crippen LogP contribution in [0.3, 0.4) is 0 Å². The molecule has 2 fully saturated rings. The lowest BCUT2D eigenvalue weighted by atomic mass is 9.90. The first-order chi connectivity index (χ1) is 18.1. The Morgan fingerprint density at radius 2 is 2.08 bits per heavy atom. The maximum atomic E-state index is 11.6. The van der Waals surface area contributed by atoms with E-state index in [0.29, 0.717) is 29.1 Å². The van der Waals surface area contributed by atoms with Crippen molar-refractivity contribution in [1.29, 1.82) is 0 Å². The molecule has 1 amide bonds. The Labute approximate surface area is 224 Å². The van der Waals surface area contributed by atoms with Crippen LogP contribution in [0.4, 0.5) is 15.7 Å². The number of nitrogens with one attached hydrogen (secondary N) is 1. The van der Waals surface area contributed by atoms with E-state index in [0.717, 1.165) is 54.3 Å². The minimum Gasteiger partial charge on any atom is -0.465 e. The molecular formula is C25H30N6O4S2. The van der Waals surface area contributed by atoms with Crippen LogP contribution in [0.1, 0.15) is 50.0 Å². The lowest BCUT2D eigenvalue weighted by Crippen LogP contribution is -2.45. The van der Waals surface area contributed by atoms with Crippen LogP contribution in [0.2, 0.25) is 0 Å². The third-order valence-electron chi connectivity index (χ3n) is 6.77. The summed E-state index contributed by atoms with van der Waals surface area (Å²) in [7, 11) is 1.69. The number of piperidine rings is 1. The van der Waals surface area contributed by atoms with Gasteiger partial charge in [0.15, 0.2) is 11.6 Å². The van der Waals surface area contributed by atoms with Gasteiger partial charge in [-0.15, -0.1) is 11.8 Å². The van der Waals surface area contributed by atoms with Crippen LogP contribution in [0.5, 0.6) is 11.5 Å². The molecule has 0 spiro atoms. The lowest BCUT2D eigenvalue weighted by molar-refractivity contribution is 0.0956. The van der Waals surface area contributed by atoms with E-state index < -0.39 is 6.09 Å². The van der Waals surface area contributed by atoms with Crippen molar-refractivity contribution in [2.45, 2.75) is 61.9 Å². The Bertz CT molecular complexity index is 1230. The molecule has 2 unspecified atom stereocenters. The second-order valence-corrected chi connectivity index (χ2v) is 11.0. The summed E-state index contributed by atoms with van der Waals surface area (Å²) in [4.78, 5) is 28.1. The predicted molar refractivity (Wildman–Crippen MR) is 142 cm³/mol. The van der Waals surface area contributed by atoms with Crippen molar-refractivity contribution in [3.05, 3.63) is 42.1 Å². The molecule has 0 saturated carbocycles. The predicted octanol–water partition coefficient (Wildman–Crippen LogP) is 5.55. The largest absolute Gasteiger partial charge is 0.465 e. The van der Waals surface area contributed by atoms with Crippen LogP contribution in [0.15, 0.2) is 35.5 Å². The molecule has 3 aromatic rings. The van der Waals surface area contributed by atoms with Gasteiger partial charge in [-0.25, -0.2) is 14.8 Å². The third kappa shape index (κ3) is 5.81. The highest BCUT2D eigenvalue weighted by atomic mass is 32.2. The van der Waals surface area contributed by atoms with E-state index in [9.17, 15) is 9.90 Å². The number of thioether (sulfide) groups is 1. The van der Waals surface area contributed by atoms with Crippen molar-refractivity contribution in [3.63, 3.8) is 0 Å². The molecule has 196 valence electrons. The molecule has 2 bridgehead atoms. The summed E-state index contributed by atoms with van der Waals surface area (Å²) in [6.07, 6.45) is 6.85. The monoisotopic (exact) mass is 542 g/mol. The third-order valence-corrected chi connectivity index (χ3v) is 8.35. The van der Waals surface area contributed by atoms with Crippen LogP contribution in [-0.2, 0) is 11.2 Å². The molecule has 37 heavy (non-hydrogen) atoms. The fourth-order valence-electron chi connectivity index (χ4n) is 5.07. The molecule has 2 saturated heterocycles. The maximum Gasteiger partial charge on any atom is 0.407 e. The molecular weight excluding hydrogens is 512 g/mol. The number of ether oxygens (including phenoxy) is 2. The van der Waals surface area contributed by atoms with Gasteiger partial charge < -0.3 is 24.8 Å². The zero-order valence-electron chi connectivity index (χ0n) is 20.8. The van der Waals surface area contributed by atoms with Gasteiger partial charge in [0.25, 0.3) is 0 Å². The number of carboxylic acid groups (broad SMARTS) is 1. The SMILES string of the molecule is CCc1ncccc1Oc1cc(SCCOC)cnc1Nc1nc(C2CC3CCC(C2)N3C(=O)O)ns1. The van der Waals surface area contributed by atoms with E-state index in [-0.39, 0.29) is 18.0 Å². The standard InChI is InChI=1S/C25H30N6O4S2/c1-3-19-20(5-4-8-26-19)35-21-13-18(36-10-9-34-2)14-27-23(21)29-24-28-22(30-37-24)15-11-16-6-7-17(12-15)31(16)25(32)33/h4-5,8,13-17H,3,6-7,9-12H2,1-2H3,(H,32,33)(H,27,28,29,30). The number of pyridine rings is 2. The van der Waals surface area contributed by atoms with Gasteiger partial charge in [0.05, 0.1) is 12.3 Å². The van der Waals surface area contributed by atoms with Crippen LogP contribution in [0, 0.1) is 0 Å².